The molecule has 0 atom stereocenters. The van der Waals surface area contributed by atoms with Crippen molar-refractivity contribution < 1.29 is 4.79 Å². The van der Waals surface area contributed by atoms with E-state index in [2.05, 4.69) is 11.9 Å². The van der Waals surface area contributed by atoms with Gasteiger partial charge >= 0.3 is 4.87 Å². The first kappa shape index (κ1) is 18.5. The quantitative estimate of drug-likeness (QED) is 0.471. The van der Waals surface area contributed by atoms with Gasteiger partial charge in [-0.3, -0.25) is 14.2 Å². The molecular weight excluding hydrogens is 364 g/mol. The summed E-state index contributed by atoms with van der Waals surface area (Å²) in [5.41, 5.74) is 2.21. The number of benzene rings is 2. The lowest BCUT2D eigenvalue weighted by atomic mass is 10.2. The van der Waals surface area contributed by atoms with Crippen LogP contribution in [0.4, 0.5) is 5.69 Å². The second-order valence-electron chi connectivity index (χ2n) is 6.06. The average molecular weight is 385 g/mol. The van der Waals surface area contributed by atoms with Gasteiger partial charge in [0.2, 0.25) is 0 Å². The van der Waals surface area contributed by atoms with Crippen LogP contribution >= 0.6 is 23.1 Å². The van der Waals surface area contributed by atoms with Crippen LogP contribution in [0.25, 0.3) is 10.2 Å². The molecule has 0 unspecified atom stereocenters. The minimum atomic E-state index is -0.160. The summed E-state index contributed by atoms with van der Waals surface area (Å²) in [7, 11) is 0. The fourth-order valence-corrected chi connectivity index (χ4v) is 4.57. The molecule has 1 aromatic heterocycles. The molecule has 4 nitrogen and oxygen atoms in total. The van der Waals surface area contributed by atoms with Gasteiger partial charge in [0.25, 0.3) is 5.91 Å². The maximum absolute atomic E-state index is 12.7. The molecule has 1 amide bonds. The summed E-state index contributed by atoms with van der Waals surface area (Å²) in [6.07, 6.45) is 1.81. The van der Waals surface area contributed by atoms with Gasteiger partial charge in [-0.05, 0) is 44.2 Å². The third-order valence-corrected chi connectivity index (χ3v) is 5.86. The molecule has 0 spiro atoms. The Morgan fingerprint density at radius 3 is 2.81 bits per heavy atom. The smallest absolute Gasteiger partial charge is 0.308 e. The van der Waals surface area contributed by atoms with Crippen molar-refractivity contribution in [3.63, 3.8) is 0 Å². The Kier molecular flexibility index (Phi) is 5.64. The van der Waals surface area contributed by atoms with E-state index in [1.54, 1.807) is 16.3 Å². The highest BCUT2D eigenvalue weighted by atomic mass is 32.2. The first-order chi connectivity index (χ1) is 12.5. The van der Waals surface area contributed by atoms with E-state index in [0.717, 1.165) is 20.9 Å². The Balaban J connectivity index is 1.89. The molecule has 3 rings (SSSR count). The highest BCUT2D eigenvalue weighted by Gasteiger charge is 2.14. The lowest BCUT2D eigenvalue weighted by Gasteiger charge is -2.10. The highest BCUT2D eigenvalue weighted by molar-refractivity contribution is 7.99. The number of aromatic nitrogens is 1. The molecule has 1 N–H and O–H groups in total. The van der Waals surface area contributed by atoms with E-state index in [1.807, 2.05) is 62.4 Å². The molecule has 0 aliphatic rings. The zero-order chi connectivity index (χ0) is 18.7. The first-order valence-corrected chi connectivity index (χ1v) is 10.1. The van der Waals surface area contributed by atoms with E-state index >= 15 is 0 Å². The Morgan fingerprint density at radius 2 is 2.08 bits per heavy atom. The van der Waals surface area contributed by atoms with Crippen LogP contribution in [0.5, 0.6) is 0 Å². The second kappa shape index (κ2) is 7.93. The van der Waals surface area contributed by atoms with E-state index in [0.29, 0.717) is 11.3 Å². The van der Waals surface area contributed by atoms with Crippen LogP contribution in [0, 0.1) is 0 Å². The Morgan fingerprint density at radius 1 is 1.31 bits per heavy atom. The third kappa shape index (κ3) is 3.76. The number of thiazole rings is 1. The summed E-state index contributed by atoms with van der Waals surface area (Å²) in [5.74, 6) is 0.583. The van der Waals surface area contributed by atoms with E-state index in [4.69, 9.17) is 0 Å². The number of carbonyl (C=O) groups is 1. The van der Waals surface area contributed by atoms with Crippen molar-refractivity contribution in [1.29, 1.82) is 0 Å². The van der Waals surface area contributed by atoms with Gasteiger partial charge in [-0.2, -0.15) is 0 Å². The van der Waals surface area contributed by atoms with Crippen LogP contribution in [0.15, 0.2) is 64.8 Å². The molecule has 0 aliphatic carbocycles. The van der Waals surface area contributed by atoms with Crippen LogP contribution in [-0.2, 0) is 0 Å². The highest BCUT2D eigenvalue weighted by Crippen LogP contribution is 2.26. The van der Waals surface area contributed by atoms with Crippen molar-refractivity contribution in [3.05, 3.63) is 70.4 Å². The topological polar surface area (TPSA) is 51.1 Å². The number of thioether (sulfide) groups is 1. The van der Waals surface area contributed by atoms with Crippen molar-refractivity contribution in [1.82, 2.24) is 4.57 Å². The van der Waals surface area contributed by atoms with Gasteiger partial charge in [0.15, 0.2) is 0 Å². The molecule has 2 aromatic carbocycles. The van der Waals surface area contributed by atoms with Crippen molar-refractivity contribution in [2.75, 3.05) is 11.1 Å². The van der Waals surface area contributed by atoms with Gasteiger partial charge in [-0.15, -0.1) is 18.3 Å². The van der Waals surface area contributed by atoms with Gasteiger partial charge in [-0.1, -0.05) is 29.5 Å². The van der Waals surface area contributed by atoms with Crippen molar-refractivity contribution in [3.8, 4) is 0 Å². The summed E-state index contributed by atoms with van der Waals surface area (Å²) in [4.78, 5) is 25.8. The summed E-state index contributed by atoms with van der Waals surface area (Å²) in [5, 5.41) is 2.94. The zero-order valence-electron chi connectivity index (χ0n) is 14.7. The van der Waals surface area contributed by atoms with E-state index in [1.165, 1.54) is 11.3 Å². The predicted octanol–water partition coefficient (Wildman–Crippen LogP) is 5.17. The second-order valence-corrected chi connectivity index (χ2v) is 8.12. The molecule has 0 fully saturated rings. The van der Waals surface area contributed by atoms with Gasteiger partial charge in [0, 0.05) is 22.4 Å². The van der Waals surface area contributed by atoms with Crippen molar-refractivity contribution in [2.45, 2.75) is 24.8 Å². The van der Waals surface area contributed by atoms with Gasteiger partial charge in [-0.25, -0.2) is 0 Å². The minimum Gasteiger partial charge on any atom is -0.322 e. The molecule has 134 valence electrons. The number of rotatable bonds is 6. The predicted molar refractivity (Wildman–Crippen MR) is 112 cm³/mol. The molecule has 0 saturated carbocycles. The average Bonchev–Trinajstić information content (AvgIpc) is 2.95. The van der Waals surface area contributed by atoms with Crippen LogP contribution in [-0.4, -0.2) is 16.2 Å². The van der Waals surface area contributed by atoms with Crippen LogP contribution in [0.2, 0.25) is 0 Å². The van der Waals surface area contributed by atoms with Gasteiger partial charge < -0.3 is 5.32 Å². The first-order valence-electron chi connectivity index (χ1n) is 8.30. The number of nitrogens with one attached hydrogen (secondary N) is 1. The number of anilines is 1. The summed E-state index contributed by atoms with van der Waals surface area (Å²) >= 11 is 2.77. The lowest BCUT2D eigenvalue weighted by molar-refractivity contribution is 0.102. The summed E-state index contributed by atoms with van der Waals surface area (Å²) < 4.78 is 2.64. The van der Waals surface area contributed by atoms with E-state index < -0.39 is 0 Å². The number of hydrogen-bond donors (Lipinski definition) is 1. The Hall–Kier alpha value is -2.31. The number of amides is 1. The third-order valence-electron chi connectivity index (χ3n) is 3.88. The minimum absolute atomic E-state index is 0.0182. The molecule has 3 aromatic rings. The fourth-order valence-electron chi connectivity index (χ4n) is 2.73. The molecule has 0 saturated heterocycles. The van der Waals surface area contributed by atoms with Crippen LogP contribution < -0.4 is 10.2 Å². The molecule has 0 bridgehead atoms. The summed E-state index contributed by atoms with van der Waals surface area (Å²) in [6.45, 7) is 7.69. The van der Waals surface area contributed by atoms with Gasteiger partial charge in [0.05, 0.1) is 15.8 Å². The van der Waals surface area contributed by atoms with Crippen molar-refractivity contribution in [2.24, 2.45) is 0 Å². The maximum atomic E-state index is 12.7. The SMILES string of the molecule is C=CCSc1ccccc1C(=O)Nc1ccc2c(c1)sc(=O)n2C(C)C. The van der Waals surface area contributed by atoms with Crippen molar-refractivity contribution >= 4 is 44.9 Å². The summed E-state index contributed by atoms with van der Waals surface area (Å²) in [6, 6.07) is 13.2. The molecule has 6 heteroatoms. The fraction of sp³-hybridized carbons (Fsp3) is 0.200. The van der Waals surface area contributed by atoms with E-state index in [9.17, 15) is 9.59 Å². The largest absolute Gasteiger partial charge is 0.322 e. The normalized spacial score (nSPS) is 11.0. The Labute approximate surface area is 160 Å². The lowest BCUT2D eigenvalue weighted by Crippen LogP contribution is -2.14. The maximum Gasteiger partial charge on any atom is 0.308 e. The number of hydrogen-bond acceptors (Lipinski definition) is 4. The molecule has 0 aliphatic heterocycles. The zero-order valence-corrected chi connectivity index (χ0v) is 16.3. The number of carbonyl (C=O) groups excluding carboxylic acids is 1. The van der Waals surface area contributed by atoms with Crippen LogP contribution in [0.1, 0.15) is 30.2 Å². The monoisotopic (exact) mass is 384 g/mol. The number of fused-ring (bicyclic) bond motifs is 1. The molecule has 1 heterocycles. The van der Waals surface area contributed by atoms with Gasteiger partial charge in [0.1, 0.15) is 0 Å². The molecule has 26 heavy (non-hydrogen) atoms. The number of nitrogens with zero attached hydrogens (tertiary/aromatic N) is 1. The van der Waals surface area contributed by atoms with E-state index in [-0.39, 0.29) is 16.8 Å². The van der Waals surface area contributed by atoms with Crippen LogP contribution in [0.3, 0.4) is 0 Å². The molecule has 0 radical (unpaired) electrons. The molecular formula is C20H20N2O2S2. The standard InChI is InChI=1S/C20H20N2O2S2/c1-4-11-25-17-8-6-5-7-15(17)19(23)21-14-9-10-16-18(12-14)26-20(24)22(16)13(2)3/h4-10,12-13H,1,11H2,2-3H3,(H,21,23). The Bertz CT molecular complexity index is 1020.